The van der Waals surface area contributed by atoms with Crippen LogP contribution < -0.4 is 18.9 Å². The number of methoxy groups -OCH3 is 4. The molecule has 10 aromatic rings. The summed E-state index contributed by atoms with van der Waals surface area (Å²) in [4.78, 5) is 18.8. The van der Waals surface area contributed by atoms with Crippen molar-refractivity contribution in [2.75, 3.05) is 35.0 Å². The van der Waals surface area contributed by atoms with Crippen LogP contribution >= 0.6 is 61.1 Å². The van der Waals surface area contributed by atoms with E-state index in [2.05, 4.69) is 158 Å². The highest BCUT2D eigenvalue weighted by atomic mass is 127. The van der Waals surface area contributed by atoms with Crippen molar-refractivity contribution in [2.45, 2.75) is 24.7 Å². The summed E-state index contributed by atoms with van der Waals surface area (Å²) in [7, 11) is 6.86. The number of fused-ring (bicyclic) bond motifs is 4. The van der Waals surface area contributed by atoms with E-state index >= 15 is 0 Å². The number of benzene rings is 10. The Hall–Kier alpha value is -6.48. The fraction of sp³-hybridized carbons (Fsp3) is 0.143. The Balaban J connectivity index is 0.000000206. The van der Waals surface area contributed by atoms with Gasteiger partial charge in [0.2, 0.25) is 0 Å². The number of nitrogens with zero attached hydrogens (tertiary/aromatic N) is 1. The molecule has 0 aliphatic carbocycles. The van der Waals surface area contributed by atoms with Gasteiger partial charge in [0.05, 0.1) is 47.9 Å². The number of carbonyl (C=O) groups is 1. The van der Waals surface area contributed by atoms with Gasteiger partial charge in [0.15, 0.2) is 6.04 Å². The monoisotopic (exact) mass is 1250 g/mol. The van der Waals surface area contributed by atoms with Crippen molar-refractivity contribution in [3.63, 3.8) is 0 Å². The summed E-state index contributed by atoms with van der Waals surface area (Å²) < 4.78 is 31.9. The Labute approximate surface area is 461 Å². The van der Waals surface area contributed by atoms with E-state index in [1.807, 2.05) is 91.9 Å². The molecule has 0 heterocycles. The molecule has 1 unspecified atom stereocenters. The second-order valence-corrected chi connectivity index (χ2v) is 20.0. The van der Waals surface area contributed by atoms with Crippen LogP contribution in [0.15, 0.2) is 187 Å². The van der Waals surface area contributed by atoms with Gasteiger partial charge in [-0.2, -0.15) is 0 Å². The molecule has 1 atom stereocenters. The number of alkyl halides is 1. The fourth-order valence-corrected chi connectivity index (χ4v) is 11.8. The molecular weight excluding hydrogens is 1200 g/mol. The first-order valence-electron chi connectivity index (χ1n) is 23.8. The Morgan fingerprint density at radius 2 is 0.822 bits per heavy atom. The van der Waals surface area contributed by atoms with E-state index in [-0.39, 0.29) is 19.0 Å². The minimum atomic E-state index is -0.826. The average molecular weight is 1250 g/mol. The zero-order valence-corrected chi connectivity index (χ0v) is 47.0. The highest BCUT2D eigenvalue weighted by molar-refractivity contribution is 14.1. The molecule has 0 saturated carbocycles. The molecule has 0 spiro atoms. The van der Waals surface area contributed by atoms with Crippen LogP contribution in [0.2, 0.25) is 0 Å². The van der Waals surface area contributed by atoms with E-state index in [0.29, 0.717) is 5.75 Å². The first-order valence-corrected chi connectivity index (χ1v) is 27.1. The smallest absolute Gasteiger partial charge is 0.331 e. The van der Waals surface area contributed by atoms with E-state index in [1.165, 1.54) is 10.8 Å². The minimum Gasteiger partial charge on any atom is -0.496 e. The molecule has 0 bridgehead atoms. The molecule has 0 N–H and O–H groups in total. The summed E-state index contributed by atoms with van der Waals surface area (Å²) in [5.41, 5.74) is 8.57. The summed E-state index contributed by atoms with van der Waals surface area (Å²) in [5, 5.41) is 9.61. The summed E-state index contributed by atoms with van der Waals surface area (Å²) in [6, 6.07) is 61.1. The molecule has 0 saturated heterocycles. The fourth-order valence-electron chi connectivity index (χ4n) is 9.76. The van der Waals surface area contributed by atoms with Gasteiger partial charge in [-0.1, -0.05) is 174 Å². The van der Waals surface area contributed by atoms with Crippen molar-refractivity contribution in [2.24, 2.45) is 4.99 Å². The van der Waals surface area contributed by atoms with Crippen molar-refractivity contribution >= 4 is 116 Å². The summed E-state index contributed by atoms with van der Waals surface area (Å²) in [5.74, 6) is 2.83. The minimum absolute atomic E-state index is 0.253. The molecule has 0 radical (unpaired) electrons. The van der Waals surface area contributed by atoms with Crippen LogP contribution in [0, 0.1) is 7.14 Å². The summed E-state index contributed by atoms with van der Waals surface area (Å²) in [6.45, 7) is 2.07. The Kier molecular flexibility index (Phi) is 16.6. The molecule has 10 aromatic carbocycles. The second-order valence-electron chi connectivity index (χ2n) is 17.1. The lowest BCUT2D eigenvalue weighted by Crippen LogP contribution is -2.26. The van der Waals surface area contributed by atoms with Gasteiger partial charge in [-0.3, -0.25) is 4.99 Å². The quantitative estimate of drug-likeness (QED) is 0.0467. The molecule has 0 aliphatic rings. The SMILES string of the molecule is CCOC(=O)C(Cc1cc2ccccc2c(-c2c(OC)c(I)cc3ccccc23)c1OC)N=C(c1ccccc1)c1ccccc1.COc1c(I)cc2ccccc2c1-c1c(OC)c(CBr)cc2ccccc12. The van der Waals surface area contributed by atoms with E-state index in [1.54, 1.807) is 28.4 Å². The van der Waals surface area contributed by atoms with E-state index in [4.69, 9.17) is 28.7 Å². The number of ether oxygens (including phenoxy) is 5. The van der Waals surface area contributed by atoms with Crippen LogP contribution in [0.25, 0.3) is 65.3 Å². The Morgan fingerprint density at radius 1 is 0.479 bits per heavy atom. The van der Waals surface area contributed by atoms with Gasteiger partial charge in [-0.25, -0.2) is 4.79 Å². The molecule has 10 heteroatoms. The number of halogens is 3. The number of rotatable bonds is 14. The lowest BCUT2D eigenvalue weighted by Gasteiger charge is -2.22. The summed E-state index contributed by atoms with van der Waals surface area (Å²) >= 11 is 8.31. The maximum absolute atomic E-state index is 13.7. The predicted octanol–water partition coefficient (Wildman–Crippen LogP) is 16.5. The van der Waals surface area contributed by atoms with Gasteiger partial charge in [0, 0.05) is 50.7 Å². The summed E-state index contributed by atoms with van der Waals surface area (Å²) in [6.07, 6.45) is 0.271. The van der Waals surface area contributed by atoms with Gasteiger partial charge in [-0.15, -0.1) is 0 Å². The van der Waals surface area contributed by atoms with Gasteiger partial charge in [-0.05, 0) is 125 Å². The number of esters is 1. The molecule has 7 nitrogen and oxygen atoms in total. The highest BCUT2D eigenvalue weighted by Gasteiger charge is 2.28. The molecule has 10 rings (SSSR count). The highest BCUT2D eigenvalue weighted by Crippen LogP contribution is 2.50. The number of aliphatic imine (C=N–C) groups is 1. The van der Waals surface area contributed by atoms with Crippen LogP contribution in [0.1, 0.15) is 29.2 Å². The lowest BCUT2D eigenvalue weighted by atomic mass is 9.88. The van der Waals surface area contributed by atoms with Crippen LogP contribution in [0.3, 0.4) is 0 Å². The predicted molar refractivity (Wildman–Crippen MR) is 321 cm³/mol. The van der Waals surface area contributed by atoms with Crippen molar-refractivity contribution in [3.05, 3.63) is 211 Å². The normalized spacial score (nSPS) is 11.5. The molecule has 0 fully saturated rings. The average Bonchev–Trinajstić information content (AvgIpc) is 3.43. The number of carbonyl (C=O) groups excluding carboxylic acids is 1. The van der Waals surface area contributed by atoms with Crippen LogP contribution in [0.4, 0.5) is 0 Å². The van der Waals surface area contributed by atoms with Gasteiger partial charge >= 0.3 is 5.97 Å². The van der Waals surface area contributed by atoms with Crippen molar-refractivity contribution < 1.29 is 28.5 Å². The number of hydrogen-bond donors (Lipinski definition) is 0. The first kappa shape index (κ1) is 51.4. The number of hydrogen-bond acceptors (Lipinski definition) is 7. The second kappa shape index (κ2) is 23.6. The van der Waals surface area contributed by atoms with Gasteiger partial charge in [0.1, 0.15) is 23.0 Å². The van der Waals surface area contributed by atoms with Crippen molar-refractivity contribution in [1.29, 1.82) is 0 Å². The van der Waals surface area contributed by atoms with Crippen molar-refractivity contribution in [1.82, 2.24) is 0 Å². The molecular formula is C63H52BrI2NO6. The van der Waals surface area contributed by atoms with E-state index < -0.39 is 6.04 Å². The van der Waals surface area contributed by atoms with Crippen LogP contribution in [-0.4, -0.2) is 52.8 Å². The molecule has 73 heavy (non-hydrogen) atoms. The maximum Gasteiger partial charge on any atom is 0.331 e. The zero-order chi connectivity index (χ0) is 51.0. The van der Waals surface area contributed by atoms with E-state index in [9.17, 15) is 4.79 Å². The zero-order valence-electron chi connectivity index (χ0n) is 41.0. The third-order valence-electron chi connectivity index (χ3n) is 12.9. The largest absolute Gasteiger partial charge is 0.496 e. The maximum atomic E-state index is 13.7. The lowest BCUT2D eigenvalue weighted by molar-refractivity contribution is -0.144. The molecule has 366 valence electrons. The van der Waals surface area contributed by atoms with Crippen molar-refractivity contribution in [3.8, 4) is 45.3 Å². The standard InChI is InChI=1S/C40H34INO4.C23H18BrIO2/c1-4-46-40(43)34(42-37(26-15-7-5-8-16-26)27-17-9-6-10-18-27)25-30-23-28-19-11-13-21-31(28)35(38(30)44-2)36-32-22-14-12-20-29(32)24-33(41)39(36)45-3;1-26-22-16(13-24)11-14-7-3-5-9-17(14)20(22)21-18-10-6-4-8-15(18)12-19(25)23(21)27-2/h5-24,34H,4,25H2,1-3H3;3-12H,13H2,1-2H3. The van der Waals surface area contributed by atoms with Crippen LogP contribution in [0.5, 0.6) is 23.0 Å². The Bertz CT molecular complexity index is 3620. The van der Waals surface area contributed by atoms with Crippen LogP contribution in [-0.2, 0) is 21.3 Å². The third kappa shape index (κ3) is 10.5. The van der Waals surface area contributed by atoms with Gasteiger partial charge in [0.25, 0.3) is 0 Å². The molecule has 0 aromatic heterocycles. The molecule has 0 amide bonds. The molecule has 0 aliphatic heterocycles. The topological polar surface area (TPSA) is 75.6 Å². The first-order chi connectivity index (χ1) is 35.7. The van der Waals surface area contributed by atoms with Gasteiger partial charge < -0.3 is 23.7 Å². The Morgan fingerprint density at radius 3 is 1.21 bits per heavy atom. The third-order valence-corrected chi connectivity index (χ3v) is 15.1. The van der Waals surface area contributed by atoms with E-state index in [0.717, 1.165) is 112 Å².